The van der Waals surface area contributed by atoms with Crippen molar-refractivity contribution >= 4 is 90.6 Å². The second-order valence-corrected chi connectivity index (χ2v) is 29.4. The minimum absolute atomic E-state index is 0.150. The van der Waals surface area contributed by atoms with Gasteiger partial charge < -0.3 is 30.7 Å². The summed E-state index contributed by atoms with van der Waals surface area (Å²) >= 11 is 4.61. The fourth-order valence-electron chi connectivity index (χ4n) is 12.3. The molecule has 15 rings (SSSR count). The lowest BCUT2D eigenvalue weighted by Gasteiger charge is -2.27. The molecule has 27 nitrogen and oxygen atoms in total. The molecule has 0 saturated carbocycles. The van der Waals surface area contributed by atoms with Crippen molar-refractivity contribution in [3.8, 4) is 16.9 Å². The Bertz CT molecular complexity index is 5100. The molecule has 7 aromatic heterocycles. The van der Waals surface area contributed by atoms with Gasteiger partial charge >= 0.3 is 0 Å². The van der Waals surface area contributed by atoms with E-state index in [2.05, 4.69) is 130 Å². The van der Waals surface area contributed by atoms with Crippen molar-refractivity contribution in [1.82, 2.24) is 86.0 Å². The van der Waals surface area contributed by atoms with Crippen molar-refractivity contribution < 1.29 is 28.8 Å². The highest BCUT2D eigenvalue weighted by Crippen LogP contribution is 2.33. The highest BCUT2D eigenvalue weighted by molar-refractivity contribution is 7.16. The average Bonchev–Trinajstić information content (AvgIpc) is 1.49. The van der Waals surface area contributed by atoms with Gasteiger partial charge in [0, 0.05) is 150 Å². The standard InChI is InChI=1S/C26H28N8O2S.C26H26N6O2S.C24H23N7O2S/c1-16-30-31-32-34(16)20-9-7-18(8-10-20)24(35)27-15-17-5-4-6-19(13-17)25(36)29-26-28-22-12-11-21(33(2)3)14-23(22)37-26;1-16-20(13-22(29-16)18-6-9-27-10-7-18)25(34)28-14-17-4-3-5-19(12-17)24(33)31-26-30-21-8-11-32(2)15-23(21)35-26;1-31-10-7-18-21(14-31)34-24(27-18)28-22(32)17-4-2-3-15(11-17)13-26-23(33)20-12-19(29-30-20)16-5-8-25-9-6-16/h4-10,13,21H,11-12,14-15H2,1-3H3,(H,27,35)(H,28,29,36);3-7,9-10,12H,8,11,13-15H2,1-2H3,(H,28,34)(H,30,31,33);2-6,8-9,11-12H,7,10,13-14H2,1H3,(H,26,33)(H,29,30)(H,27,28,32)/t21-;;/m0../s1. The molecule has 3 aliphatic heterocycles. The van der Waals surface area contributed by atoms with Gasteiger partial charge in [-0.05, 0) is 185 Å². The average molecular weight is 1480 g/mol. The molecule has 1 aliphatic carbocycles. The fourth-order valence-corrected chi connectivity index (χ4v) is 15.6. The Morgan fingerprint density at radius 2 is 1.04 bits per heavy atom. The lowest BCUT2D eigenvalue weighted by atomic mass is 9.97. The maximum Gasteiger partial charge on any atom is 0.269 e. The molecule has 7 N–H and O–H groups in total. The molecule has 6 amide bonds. The van der Waals surface area contributed by atoms with Crippen LogP contribution in [0.1, 0.15) is 131 Å². The third kappa shape index (κ3) is 18.3. The number of thiazole rings is 3. The lowest BCUT2D eigenvalue weighted by Crippen LogP contribution is -2.32. The summed E-state index contributed by atoms with van der Waals surface area (Å²) in [5.41, 5.74) is 13.7. The van der Waals surface area contributed by atoms with Crippen LogP contribution in [0.4, 0.5) is 15.4 Å². The second-order valence-electron chi connectivity index (χ2n) is 26.1. The van der Waals surface area contributed by atoms with E-state index in [-0.39, 0.29) is 42.0 Å². The van der Waals surface area contributed by atoms with E-state index in [4.69, 9.17) is 0 Å². The number of carbonyl (C=O) groups excluding carboxylic acids is 6. The van der Waals surface area contributed by atoms with Crippen molar-refractivity contribution in [2.75, 3.05) is 57.2 Å². The predicted molar refractivity (Wildman–Crippen MR) is 407 cm³/mol. The van der Waals surface area contributed by atoms with Crippen LogP contribution in [0, 0.1) is 6.92 Å². The van der Waals surface area contributed by atoms with Crippen LogP contribution in [-0.4, -0.2) is 159 Å². The van der Waals surface area contributed by atoms with Crippen molar-refractivity contribution in [3.05, 3.63) is 251 Å². The van der Waals surface area contributed by atoms with E-state index >= 15 is 0 Å². The third-order valence-corrected chi connectivity index (χ3v) is 21.3. The number of anilines is 3. The monoisotopic (exact) mass is 1480 g/mol. The highest BCUT2D eigenvalue weighted by atomic mass is 32.1. The van der Waals surface area contributed by atoms with Crippen LogP contribution in [0.2, 0.25) is 0 Å². The van der Waals surface area contributed by atoms with Crippen LogP contribution in [0.25, 0.3) is 16.9 Å². The normalized spacial score (nSPS) is 14.6. The first-order valence-corrected chi connectivity index (χ1v) is 36.9. The summed E-state index contributed by atoms with van der Waals surface area (Å²) in [7, 11) is 8.37. The maximum absolute atomic E-state index is 12.9. The van der Waals surface area contributed by atoms with Gasteiger partial charge in [-0.15, -0.1) is 39.1 Å². The Hall–Kier alpha value is -11.5. The van der Waals surface area contributed by atoms with Crippen molar-refractivity contribution in [2.45, 2.75) is 91.1 Å². The van der Waals surface area contributed by atoms with Gasteiger partial charge in [0.15, 0.2) is 21.2 Å². The molecular formula is C76H77N21O6S3. The van der Waals surface area contributed by atoms with Crippen LogP contribution in [0.15, 0.2) is 168 Å². The first kappa shape index (κ1) is 72.8. The zero-order valence-corrected chi connectivity index (χ0v) is 61.6. The topological polar surface area (TPSA) is 333 Å². The Kier molecular flexibility index (Phi) is 23.0. The summed E-state index contributed by atoms with van der Waals surface area (Å²) in [6.07, 6.45) is 12.0. The molecule has 0 radical (unpaired) electrons. The Balaban J connectivity index is 0.000000141. The predicted octanol–water partition coefficient (Wildman–Crippen LogP) is 9.69. The minimum atomic E-state index is -0.277. The maximum atomic E-state index is 12.9. The third-order valence-electron chi connectivity index (χ3n) is 18.2. The molecule has 4 aliphatic rings. The number of amides is 6. The summed E-state index contributed by atoms with van der Waals surface area (Å²) in [6, 6.07) is 38.4. The zero-order chi connectivity index (χ0) is 73.8. The van der Waals surface area contributed by atoms with Crippen LogP contribution in [0.5, 0.6) is 0 Å². The van der Waals surface area contributed by atoms with E-state index in [1.807, 2.05) is 61.5 Å². The van der Waals surface area contributed by atoms with Gasteiger partial charge in [0.25, 0.3) is 29.5 Å². The van der Waals surface area contributed by atoms with E-state index in [1.165, 1.54) is 37.3 Å². The van der Waals surface area contributed by atoms with E-state index in [0.29, 0.717) is 86.0 Å². The summed E-state index contributed by atoms with van der Waals surface area (Å²) < 4.78 is 1.60. The molecule has 0 unspecified atom stereocenters. The van der Waals surface area contributed by atoms with Gasteiger partial charge in [0.2, 0.25) is 5.91 Å². The number of aryl methyl sites for hydroxylation is 2. The molecule has 0 bridgehead atoms. The molecule has 4 aromatic carbocycles. The Morgan fingerprint density at radius 1 is 0.547 bits per heavy atom. The number of benzene rings is 4. The Morgan fingerprint density at radius 3 is 1.55 bits per heavy atom. The highest BCUT2D eigenvalue weighted by Gasteiger charge is 2.27. The fraction of sp³-hybridized carbons (Fsp3) is 0.263. The Labute approximate surface area is 623 Å². The second kappa shape index (κ2) is 33.5. The molecule has 30 heteroatoms. The van der Waals surface area contributed by atoms with E-state index in [0.717, 1.165) is 120 Å². The molecule has 11 aromatic rings. The van der Waals surface area contributed by atoms with E-state index in [9.17, 15) is 28.8 Å². The summed E-state index contributed by atoms with van der Waals surface area (Å²) in [5.74, 6) is -0.611. The van der Waals surface area contributed by atoms with E-state index in [1.54, 1.807) is 121 Å². The molecule has 0 spiro atoms. The quantitative estimate of drug-likeness (QED) is 0.0396. The number of allylic oxidation sites excluding steroid dienone is 1. The number of aromatic nitrogens is 11. The van der Waals surface area contributed by atoms with Crippen molar-refractivity contribution in [3.63, 3.8) is 0 Å². The summed E-state index contributed by atoms with van der Waals surface area (Å²) in [6.45, 7) is 8.22. The summed E-state index contributed by atoms with van der Waals surface area (Å²) in [5, 5.41) is 37.8. The number of aromatic amines is 1. The number of hydrogen-bond donors (Lipinski definition) is 7. The van der Waals surface area contributed by atoms with Crippen molar-refractivity contribution in [1.29, 1.82) is 0 Å². The molecular weight excluding hydrogens is 1400 g/mol. The number of aliphatic imine (C=N–C) groups is 1. The lowest BCUT2D eigenvalue weighted by molar-refractivity contribution is -0.117. The number of rotatable bonds is 19. The van der Waals surface area contributed by atoms with Gasteiger partial charge in [-0.3, -0.25) is 64.8 Å². The largest absolute Gasteiger partial charge is 0.348 e. The number of pyridine rings is 2. The number of hydrogen-bond acceptors (Lipinski definition) is 22. The van der Waals surface area contributed by atoms with Gasteiger partial charge in [-0.1, -0.05) is 36.4 Å². The van der Waals surface area contributed by atoms with Crippen LogP contribution in [0.3, 0.4) is 0 Å². The van der Waals surface area contributed by atoms with Gasteiger partial charge in [-0.25, -0.2) is 15.0 Å². The molecule has 106 heavy (non-hydrogen) atoms. The first-order valence-electron chi connectivity index (χ1n) is 34.4. The minimum Gasteiger partial charge on any atom is -0.348 e. The van der Waals surface area contributed by atoms with Crippen LogP contribution < -0.4 is 31.9 Å². The number of likely N-dealkylation sites (N-methyl/N-ethyl adjacent to an activating group) is 3. The van der Waals surface area contributed by atoms with Gasteiger partial charge in [0.1, 0.15) is 5.69 Å². The molecule has 0 fully saturated rings. The van der Waals surface area contributed by atoms with Gasteiger partial charge in [0.05, 0.1) is 34.2 Å². The number of H-pyrrole nitrogens is 1. The number of nitrogens with zero attached hydrogens (tertiary/aromatic N) is 14. The number of fused-ring (bicyclic) bond motifs is 3. The summed E-state index contributed by atoms with van der Waals surface area (Å²) in [4.78, 5) is 113. The number of nitrogens with one attached hydrogen (secondary N) is 7. The molecule has 540 valence electrons. The molecule has 1 atom stereocenters. The SMILES string of the molecule is CC1=C(C(=O)NCc2cccc(C(=O)Nc3nc4c(s3)CN(C)CC4)c2)CC(c2ccncc2)=N1.CN1CCc2nc(NC(=O)c3cccc(CNC(=O)c4cc(-c5ccncc5)n[nH]4)c3)sc2C1.Cc1nnnn1-c1ccc(C(=O)NCc2cccc(C(=O)Nc3nc4c(s3)C[C@@H](N(C)C)CC4)c2)cc1. The first-order chi connectivity index (χ1) is 51.4. The zero-order valence-electron chi connectivity index (χ0n) is 59.1. The van der Waals surface area contributed by atoms with E-state index < -0.39 is 0 Å². The number of carbonyl (C=O) groups is 6. The molecule has 0 saturated heterocycles. The van der Waals surface area contributed by atoms with Crippen LogP contribution >= 0.6 is 34.0 Å². The van der Waals surface area contributed by atoms with Crippen LogP contribution in [-0.2, 0) is 63.2 Å². The molecule has 10 heterocycles. The van der Waals surface area contributed by atoms with Crippen molar-refractivity contribution in [2.24, 2.45) is 4.99 Å². The smallest absolute Gasteiger partial charge is 0.269 e. The van der Waals surface area contributed by atoms with Gasteiger partial charge in [-0.2, -0.15) is 9.78 Å². The number of tetrazole rings is 1.